The van der Waals surface area contributed by atoms with Crippen LogP contribution in [0.3, 0.4) is 0 Å². The van der Waals surface area contributed by atoms with Gasteiger partial charge < -0.3 is 4.98 Å². The summed E-state index contributed by atoms with van der Waals surface area (Å²) < 4.78 is 0. The van der Waals surface area contributed by atoms with Gasteiger partial charge >= 0.3 is 0 Å². The number of rotatable bonds is 3. The van der Waals surface area contributed by atoms with Crippen molar-refractivity contribution in [1.29, 1.82) is 0 Å². The van der Waals surface area contributed by atoms with E-state index >= 15 is 0 Å². The lowest BCUT2D eigenvalue weighted by Crippen LogP contribution is -2.17. The fourth-order valence-corrected chi connectivity index (χ4v) is 1.73. The van der Waals surface area contributed by atoms with Gasteiger partial charge in [0.25, 0.3) is 5.56 Å². The fourth-order valence-electron chi connectivity index (χ4n) is 1.73. The van der Waals surface area contributed by atoms with Gasteiger partial charge in [0.15, 0.2) is 0 Å². The highest BCUT2D eigenvalue weighted by atomic mass is 16.1. The van der Waals surface area contributed by atoms with Gasteiger partial charge in [-0.2, -0.15) is 0 Å². The molecule has 0 radical (unpaired) electrons. The summed E-state index contributed by atoms with van der Waals surface area (Å²) in [4.78, 5) is 18.9. The Balaban J connectivity index is 2.24. The molecule has 1 aromatic carbocycles. The first kappa shape index (κ1) is 11.6. The zero-order valence-electron chi connectivity index (χ0n) is 10.1. The van der Waals surface area contributed by atoms with Crippen LogP contribution in [0.4, 0.5) is 0 Å². The summed E-state index contributed by atoms with van der Waals surface area (Å²) in [6.07, 6.45) is 2.34. The van der Waals surface area contributed by atoms with Crippen LogP contribution in [0.1, 0.15) is 36.7 Å². The summed E-state index contributed by atoms with van der Waals surface area (Å²) in [5.74, 6) is 0.919. The van der Waals surface area contributed by atoms with Gasteiger partial charge in [-0.05, 0) is 11.5 Å². The Kier molecular flexibility index (Phi) is 3.38. The molecule has 3 nitrogen and oxygen atoms in total. The minimum absolute atomic E-state index is 0.0269. The lowest BCUT2D eigenvalue weighted by molar-refractivity contribution is 0.811. The Labute approximate surface area is 101 Å². The number of nitrogens with one attached hydrogen (secondary N) is 1. The van der Waals surface area contributed by atoms with Crippen molar-refractivity contribution in [3.8, 4) is 0 Å². The fraction of sp³-hybridized carbons (Fsp3) is 0.286. The van der Waals surface area contributed by atoms with E-state index in [0.29, 0.717) is 12.2 Å². The number of H-pyrrole nitrogens is 1. The predicted octanol–water partition coefficient (Wildman–Crippen LogP) is 2.48. The average molecular weight is 228 g/mol. The molecule has 3 heteroatoms. The van der Waals surface area contributed by atoms with Crippen molar-refractivity contribution in [2.24, 2.45) is 0 Å². The van der Waals surface area contributed by atoms with Crippen LogP contribution in [0.5, 0.6) is 0 Å². The first-order valence-corrected chi connectivity index (χ1v) is 5.79. The molecule has 0 aliphatic rings. The molecule has 88 valence electrons. The Morgan fingerprint density at radius 3 is 2.53 bits per heavy atom. The number of hydrogen-bond donors (Lipinski definition) is 1. The molecule has 0 saturated carbocycles. The van der Waals surface area contributed by atoms with Crippen LogP contribution in [0, 0.1) is 0 Å². The second-order valence-corrected chi connectivity index (χ2v) is 4.43. The summed E-state index contributed by atoms with van der Waals surface area (Å²) >= 11 is 0. The summed E-state index contributed by atoms with van der Waals surface area (Å²) in [5, 5.41) is 0. The summed E-state index contributed by atoms with van der Waals surface area (Å²) in [5.41, 5.74) is 1.86. The number of hydrogen-bond acceptors (Lipinski definition) is 2. The van der Waals surface area contributed by atoms with Crippen LogP contribution in [0.25, 0.3) is 0 Å². The monoisotopic (exact) mass is 228 g/mol. The van der Waals surface area contributed by atoms with Gasteiger partial charge in [-0.15, -0.1) is 0 Å². The molecule has 2 rings (SSSR count). The second kappa shape index (κ2) is 4.95. The zero-order valence-corrected chi connectivity index (χ0v) is 10.1. The highest BCUT2D eigenvalue weighted by molar-refractivity contribution is 5.19. The third kappa shape index (κ3) is 2.81. The molecular weight excluding hydrogens is 212 g/mol. The standard InChI is InChI=1S/C14H16N2O/c1-10(2)12-9-15-13(16-14(12)17)8-11-6-4-3-5-7-11/h3-7,9-10H,8H2,1-2H3,(H,15,16,17). The molecule has 17 heavy (non-hydrogen) atoms. The van der Waals surface area contributed by atoms with Crippen molar-refractivity contribution in [2.45, 2.75) is 26.2 Å². The van der Waals surface area contributed by atoms with Gasteiger partial charge in [0.1, 0.15) is 5.82 Å². The van der Waals surface area contributed by atoms with Gasteiger partial charge in [-0.1, -0.05) is 44.2 Å². The number of nitrogens with zero attached hydrogens (tertiary/aromatic N) is 1. The Morgan fingerprint density at radius 2 is 1.94 bits per heavy atom. The molecule has 0 saturated heterocycles. The molecule has 0 amide bonds. The van der Waals surface area contributed by atoms with E-state index in [1.165, 1.54) is 0 Å². The molecular formula is C14H16N2O. The maximum atomic E-state index is 11.8. The molecule has 0 aliphatic carbocycles. The molecule has 0 fully saturated rings. The molecule has 0 unspecified atom stereocenters. The Bertz CT molecular complexity index is 544. The van der Waals surface area contributed by atoms with E-state index in [-0.39, 0.29) is 11.5 Å². The van der Waals surface area contributed by atoms with E-state index in [9.17, 15) is 4.79 Å². The third-order valence-electron chi connectivity index (χ3n) is 2.72. The van der Waals surface area contributed by atoms with Crippen molar-refractivity contribution < 1.29 is 0 Å². The maximum Gasteiger partial charge on any atom is 0.254 e. The SMILES string of the molecule is CC(C)c1cnc(Cc2ccccc2)[nH]c1=O. The van der Waals surface area contributed by atoms with Gasteiger partial charge in [-0.3, -0.25) is 4.79 Å². The Morgan fingerprint density at radius 1 is 1.24 bits per heavy atom. The van der Waals surface area contributed by atoms with E-state index < -0.39 is 0 Å². The number of benzene rings is 1. The van der Waals surface area contributed by atoms with Gasteiger partial charge in [0, 0.05) is 18.2 Å². The van der Waals surface area contributed by atoms with Crippen LogP contribution < -0.4 is 5.56 Å². The molecule has 1 heterocycles. The highest BCUT2D eigenvalue weighted by Gasteiger charge is 2.06. The van der Waals surface area contributed by atoms with E-state index in [2.05, 4.69) is 9.97 Å². The van der Waals surface area contributed by atoms with Crippen LogP contribution >= 0.6 is 0 Å². The maximum absolute atomic E-state index is 11.8. The van der Waals surface area contributed by atoms with Crippen molar-refractivity contribution in [3.05, 3.63) is 63.8 Å². The number of aromatic nitrogens is 2. The summed E-state index contributed by atoms with van der Waals surface area (Å²) in [7, 11) is 0. The number of aromatic amines is 1. The van der Waals surface area contributed by atoms with Crippen LogP contribution in [-0.4, -0.2) is 9.97 Å². The van der Waals surface area contributed by atoms with E-state index in [1.807, 2.05) is 44.2 Å². The minimum Gasteiger partial charge on any atom is -0.310 e. The van der Waals surface area contributed by atoms with Gasteiger partial charge in [-0.25, -0.2) is 4.98 Å². The van der Waals surface area contributed by atoms with E-state index in [0.717, 1.165) is 11.1 Å². The van der Waals surface area contributed by atoms with Crippen molar-refractivity contribution >= 4 is 0 Å². The molecule has 0 aliphatic heterocycles. The van der Waals surface area contributed by atoms with Gasteiger partial charge in [0.05, 0.1) is 0 Å². The molecule has 0 atom stereocenters. The third-order valence-corrected chi connectivity index (χ3v) is 2.72. The molecule has 0 bridgehead atoms. The van der Waals surface area contributed by atoms with Crippen LogP contribution in [-0.2, 0) is 6.42 Å². The molecule has 2 aromatic rings. The van der Waals surface area contributed by atoms with Crippen molar-refractivity contribution in [3.63, 3.8) is 0 Å². The summed E-state index contributed by atoms with van der Waals surface area (Å²) in [6, 6.07) is 9.99. The largest absolute Gasteiger partial charge is 0.310 e. The highest BCUT2D eigenvalue weighted by Crippen LogP contribution is 2.08. The van der Waals surface area contributed by atoms with Crippen molar-refractivity contribution in [2.75, 3.05) is 0 Å². The van der Waals surface area contributed by atoms with Gasteiger partial charge in [0.2, 0.25) is 0 Å². The molecule has 0 spiro atoms. The quantitative estimate of drug-likeness (QED) is 0.877. The van der Waals surface area contributed by atoms with E-state index in [4.69, 9.17) is 0 Å². The molecule has 1 aromatic heterocycles. The average Bonchev–Trinajstić information content (AvgIpc) is 2.30. The topological polar surface area (TPSA) is 45.8 Å². The van der Waals surface area contributed by atoms with E-state index in [1.54, 1.807) is 6.20 Å². The van der Waals surface area contributed by atoms with Crippen LogP contribution in [0.15, 0.2) is 41.3 Å². The lowest BCUT2D eigenvalue weighted by Gasteiger charge is -2.05. The lowest BCUT2D eigenvalue weighted by atomic mass is 10.1. The zero-order chi connectivity index (χ0) is 12.3. The Hall–Kier alpha value is -1.90. The predicted molar refractivity (Wildman–Crippen MR) is 68.2 cm³/mol. The minimum atomic E-state index is -0.0269. The second-order valence-electron chi connectivity index (χ2n) is 4.43. The smallest absolute Gasteiger partial charge is 0.254 e. The van der Waals surface area contributed by atoms with Crippen LogP contribution in [0.2, 0.25) is 0 Å². The normalized spacial score (nSPS) is 10.8. The van der Waals surface area contributed by atoms with Crippen molar-refractivity contribution in [1.82, 2.24) is 9.97 Å². The first-order chi connectivity index (χ1) is 8.16. The molecule has 1 N–H and O–H groups in total. The summed E-state index contributed by atoms with van der Waals surface area (Å²) in [6.45, 7) is 3.98. The first-order valence-electron chi connectivity index (χ1n) is 5.79.